The third-order valence-corrected chi connectivity index (χ3v) is 7.81. The van der Waals surface area contributed by atoms with Crippen LogP contribution in [0.3, 0.4) is 0 Å². The minimum absolute atomic E-state index is 0.208. The maximum atomic E-state index is 5.12. The fourth-order valence-corrected chi connectivity index (χ4v) is 5.86. The van der Waals surface area contributed by atoms with Crippen molar-refractivity contribution in [3.8, 4) is 0 Å². The predicted molar refractivity (Wildman–Crippen MR) is 159 cm³/mol. The average molecular weight is 496 g/mol. The number of allylic oxidation sites excluding steroid dienone is 2. The summed E-state index contributed by atoms with van der Waals surface area (Å²) in [5.41, 5.74) is 9.73. The Morgan fingerprint density at radius 3 is 2.05 bits per heavy atom. The Morgan fingerprint density at radius 1 is 0.711 bits per heavy atom. The number of hydrogen-bond acceptors (Lipinski definition) is 3. The van der Waals surface area contributed by atoms with Gasteiger partial charge in [-0.25, -0.2) is 9.98 Å². The summed E-state index contributed by atoms with van der Waals surface area (Å²) in [4.78, 5) is 10.1. The first-order valence-electron chi connectivity index (χ1n) is 13.4. The molecule has 1 aliphatic carbocycles. The van der Waals surface area contributed by atoms with Gasteiger partial charge in [-0.1, -0.05) is 117 Å². The first-order chi connectivity index (χ1) is 18.4. The molecule has 0 fully saturated rings. The predicted octanol–water partition coefficient (Wildman–Crippen LogP) is 8.03. The summed E-state index contributed by atoms with van der Waals surface area (Å²) in [5, 5.41) is 3.58. The second kappa shape index (κ2) is 9.57. The third kappa shape index (κ3) is 4.18. The van der Waals surface area contributed by atoms with Crippen LogP contribution in [0, 0.1) is 0 Å². The van der Waals surface area contributed by atoms with E-state index in [0.717, 1.165) is 28.4 Å². The van der Waals surface area contributed by atoms with Crippen molar-refractivity contribution in [2.75, 3.05) is 0 Å². The van der Waals surface area contributed by atoms with Crippen molar-refractivity contribution in [2.24, 2.45) is 9.98 Å². The molecular formula is C35H33N3. The van der Waals surface area contributed by atoms with Crippen LogP contribution in [0.4, 0.5) is 0 Å². The SMILES string of the molecule is CC1=CC(C)(c2cc(C3=NC(c4ccccc4)N=C(c4ccccc4)N3)ccc2C(C)C)c2ccccc21. The van der Waals surface area contributed by atoms with Gasteiger partial charge in [0, 0.05) is 16.5 Å². The Kier molecular flexibility index (Phi) is 6.07. The van der Waals surface area contributed by atoms with Gasteiger partial charge in [0.1, 0.15) is 11.7 Å². The van der Waals surface area contributed by atoms with E-state index in [1.54, 1.807) is 0 Å². The number of aliphatic imine (C=N–C) groups is 2. The van der Waals surface area contributed by atoms with E-state index in [1.807, 2.05) is 36.4 Å². The van der Waals surface area contributed by atoms with Gasteiger partial charge in [-0.2, -0.15) is 0 Å². The molecule has 0 spiro atoms. The summed E-state index contributed by atoms with van der Waals surface area (Å²) in [6, 6.07) is 36.3. The Labute approximate surface area is 225 Å². The molecule has 6 rings (SSSR count). The molecule has 188 valence electrons. The molecule has 3 heteroatoms. The lowest BCUT2D eigenvalue weighted by Gasteiger charge is -2.30. The minimum atomic E-state index is -0.305. The maximum absolute atomic E-state index is 5.12. The molecule has 2 atom stereocenters. The second-order valence-corrected chi connectivity index (χ2v) is 10.8. The van der Waals surface area contributed by atoms with Gasteiger partial charge in [0.05, 0.1) is 0 Å². The van der Waals surface area contributed by atoms with Crippen LogP contribution < -0.4 is 5.32 Å². The first kappa shape index (κ1) is 24.1. The van der Waals surface area contributed by atoms with E-state index in [9.17, 15) is 0 Å². The molecule has 1 heterocycles. The lowest BCUT2D eigenvalue weighted by atomic mass is 9.74. The Morgan fingerprint density at radius 2 is 1.34 bits per heavy atom. The summed E-state index contributed by atoms with van der Waals surface area (Å²) in [7, 11) is 0. The number of amidine groups is 2. The molecule has 1 N–H and O–H groups in total. The van der Waals surface area contributed by atoms with Gasteiger partial charge in [-0.05, 0) is 59.2 Å². The molecule has 2 unspecified atom stereocenters. The summed E-state index contributed by atoms with van der Waals surface area (Å²) in [6.45, 7) is 9.14. The van der Waals surface area contributed by atoms with E-state index in [2.05, 4.69) is 106 Å². The van der Waals surface area contributed by atoms with Gasteiger partial charge in [0.2, 0.25) is 0 Å². The van der Waals surface area contributed by atoms with Gasteiger partial charge < -0.3 is 5.32 Å². The van der Waals surface area contributed by atoms with Crippen molar-refractivity contribution in [2.45, 2.75) is 45.2 Å². The third-order valence-electron chi connectivity index (χ3n) is 7.81. The molecule has 0 saturated carbocycles. The van der Waals surface area contributed by atoms with Crippen molar-refractivity contribution >= 4 is 17.2 Å². The molecule has 0 bridgehead atoms. The molecular weight excluding hydrogens is 462 g/mol. The number of benzene rings is 4. The van der Waals surface area contributed by atoms with Gasteiger partial charge in [0.15, 0.2) is 6.17 Å². The molecule has 0 amide bonds. The van der Waals surface area contributed by atoms with Crippen LogP contribution in [-0.2, 0) is 5.41 Å². The van der Waals surface area contributed by atoms with E-state index in [-0.39, 0.29) is 11.6 Å². The van der Waals surface area contributed by atoms with Crippen molar-refractivity contribution < 1.29 is 0 Å². The highest BCUT2D eigenvalue weighted by Gasteiger charge is 2.36. The number of nitrogens with zero attached hydrogens (tertiary/aromatic N) is 2. The van der Waals surface area contributed by atoms with E-state index >= 15 is 0 Å². The van der Waals surface area contributed by atoms with Gasteiger partial charge in [0.25, 0.3) is 0 Å². The zero-order valence-corrected chi connectivity index (χ0v) is 22.4. The number of fused-ring (bicyclic) bond motifs is 1. The molecule has 2 aliphatic rings. The highest BCUT2D eigenvalue weighted by molar-refractivity contribution is 6.16. The van der Waals surface area contributed by atoms with Crippen LogP contribution in [0.25, 0.3) is 5.57 Å². The highest BCUT2D eigenvalue weighted by atomic mass is 15.2. The highest BCUT2D eigenvalue weighted by Crippen LogP contribution is 2.47. The lowest BCUT2D eigenvalue weighted by molar-refractivity contribution is 0.705. The zero-order valence-electron chi connectivity index (χ0n) is 22.4. The monoisotopic (exact) mass is 495 g/mol. The first-order valence-corrected chi connectivity index (χ1v) is 13.4. The van der Waals surface area contributed by atoms with Gasteiger partial charge in [-0.15, -0.1) is 0 Å². The zero-order chi connectivity index (χ0) is 26.3. The molecule has 0 radical (unpaired) electrons. The largest absolute Gasteiger partial charge is 0.324 e. The van der Waals surface area contributed by atoms with Crippen LogP contribution in [-0.4, -0.2) is 11.7 Å². The smallest absolute Gasteiger partial charge is 0.169 e. The van der Waals surface area contributed by atoms with Crippen molar-refractivity contribution in [3.05, 3.63) is 148 Å². The van der Waals surface area contributed by atoms with Gasteiger partial charge in [-0.3, -0.25) is 0 Å². The quantitative estimate of drug-likeness (QED) is 0.299. The maximum Gasteiger partial charge on any atom is 0.169 e. The summed E-state index contributed by atoms with van der Waals surface area (Å²) in [6.07, 6.45) is 2.13. The average Bonchev–Trinajstić information content (AvgIpc) is 3.24. The number of rotatable bonds is 5. The van der Waals surface area contributed by atoms with Crippen LogP contribution in [0.5, 0.6) is 0 Å². The Bertz CT molecular complexity index is 1580. The fraction of sp³-hybridized carbons (Fsp3) is 0.200. The van der Waals surface area contributed by atoms with Crippen molar-refractivity contribution in [1.29, 1.82) is 0 Å². The fourth-order valence-electron chi connectivity index (χ4n) is 5.86. The summed E-state index contributed by atoms with van der Waals surface area (Å²) in [5.74, 6) is 2.09. The van der Waals surface area contributed by atoms with E-state index in [4.69, 9.17) is 9.98 Å². The molecule has 0 aromatic heterocycles. The van der Waals surface area contributed by atoms with Gasteiger partial charge >= 0.3 is 0 Å². The van der Waals surface area contributed by atoms with Crippen LogP contribution in [0.2, 0.25) is 0 Å². The van der Waals surface area contributed by atoms with E-state index in [1.165, 1.54) is 27.8 Å². The molecule has 3 nitrogen and oxygen atoms in total. The Hall–Kier alpha value is -4.24. The minimum Gasteiger partial charge on any atom is -0.324 e. The Balaban J connectivity index is 1.49. The summed E-state index contributed by atoms with van der Waals surface area (Å²) >= 11 is 0. The number of nitrogens with one attached hydrogen (secondary N) is 1. The van der Waals surface area contributed by atoms with Crippen molar-refractivity contribution in [3.63, 3.8) is 0 Å². The van der Waals surface area contributed by atoms with Crippen LogP contribution in [0.15, 0.2) is 119 Å². The topological polar surface area (TPSA) is 36.8 Å². The lowest BCUT2D eigenvalue weighted by Crippen LogP contribution is -2.36. The number of hydrogen-bond donors (Lipinski definition) is 1. The van der Waals surface area contributed by atoms with Crippen LogP contribution in [0.1, 0.15) is 78.7 Å². The van der Waals surface area contributed by atoms with Crippen LogP contribution >= 0.6 is 0 Å². The normalized spacial score (nSPS) is 20.3. The molecule has 4 aromatic rings. The molecule has 1 aliphatic heterocycles. The standard InChI is InChI=1S/C35H33N3/c1-23(2)28-20-19-27(21-31(28)35(4)22-24(3)29-17-11-12-18-30(29)35)34-37-32(25-13-7-5-8-14-25)36-33(38-34)26-15-9-6-10-16-26/h5-23,32H,1-4H3,(H,36,37,38). The molecule has 4 aromatic carbocycles. The summed E-state index contributed by atoms with van der Waals surface area (Å²) < 4.78 is 0. The molecule has 38 heavy (non-hydrogen) atoms. The van der Waals surface area contributed by atoms with E-state index < -0.39 is 0 Å². The molecule has 0 saturated heterocycles. The van der Waals surface area contributed by atoms with Crippen molar-refractivity contribution in [1.82, 2.24) is 5.32 Å². The second-order valence-electron chi connectivity index (χ2n) is 10.8. The van der Waals surface area contributed by atoms with E-state index in [0.29, 0.717) is 5.92 Å².